The first-order chi connectivity index (χ1) is 14.7. The number of rotatable bonds is 4. The fraction of sp³-hybridized carbons (Fsp3) is 0.0769. The molecule has 5 aromatic rings. The third-order valence-electron chi connectivity index (χ3n) is 5.32. The quantitative estimate of drug-likeness (QED) is 0.455. The molecule has 0 aliphatic carbocycles. The van der Waals surface area contributed by atoms with E-state index < -0.39 is 0 Å². The lowest BCUT2D eigenvalue weighted by Crippen LogP contribution is -2.14. The molecule has 30 heavy (non-hydrogen) atoms. The molecule has 2 aromatic heterocycles. The van der Waals surface area contributed by atoms with Gasteiger partial charge in [0.15, 0.2) is 5.65 Å². The lowest BCUT2D eigenvalue weighted by atomic mass is 10.0. The van der Waals surface area contributed by atoms with Gasteiger partial charge >= 0.3 is 0 Å². The molecule has 0 fully saturated rings. The Hall–Kier alpha value is -3.92. The molecule has 0 aliphatic heterocycles. The van der Waals surface area contributed by atoms with Crippen LogP contribution in [-0.4, -0.2) is 14.6 Å². The van der Waals surface area contributed by atoms with Gasteiger partial charge < -0.3 is 0 Å². The highest BCUT2D eigenvalue weighted by molar-refractivity contribution is 5.81. The molecule has 3 aromatic carbocycles. The molecule has 5 rings (SSSR count). The molecule has 0 radical (unpaired) electrons. The number of aryl methyl sites for hydroxylation is 1. The van der Waals surface area contributed by atoms with Crippen LogP contribution in [0, 0.1) is 6.92 Å². The molecule has 4 heteroatoms. The number of nitrogens with zero attached hydrogens (tertiary/aromatic N) is 2. The normalized spacial score (nSPS) is 11.1. The third-order valence-corrected chi connectivity index (χ3v) is 5.32. The van der Waals surface area contributed by atoms with Gasteiger partial charge in [-0.2, -0.15) is 0 Å². The molecule has 146 valence electrons. The van der Waals surface area contributed by atoms with Gasteiger partial charge in [-0.1, -0.05) is 90.5 Å². The maximum atomic E-state index is 13.0. The summed E-state index contributed by atoms with van der Waals surface area (Å²) in [5.41, 5.74) is 7.47. The van der Waals surface area contributed by atoms with Crippen molar-refractivity contribution in [2.24, 2.45) is 0 Å². The third kappa shape index (κ3) is 3.33. The second kappa shape index (κ2) is 7.48. The van der Waals surface area contributed by atoms with Crippen molar-refractivity contribution >= 4 is 5.65 Å². The number of H-pyrrole nitrogens is 1. The van der Waals surface area contributed by atoms with E-state index in [-0.39, 0.29) is 5.56 Å². The smallest absolute Gasteiger partial charge is 0.273 e. The summed E-state index contributed by atoms with van der Waals surface area (Å²) < 4.78 is 1.55. The SMILES string of the molecule is Cc1ccc(-c2cc(=O)n3[nH]c(Cc4ccccc4)c(-c4ccccc4)c3n2)cc1. The first-order valence-electron chi connectivity index (χ1n) is 10.00. The highest BCUT2D eigenvalue weighted by Gasteiger charge is 2.18. The Kier molecular flexibility index (Phi) is 4.52. The highest BCUT2D eigenvalue weighted by Crippen LogP contribution is 2.29. The minimum atomic E-state index is -0.118. The van der Waals surface area contributed by atoms with Crippen LogP contribution >= 0.6 is 0 Å². The fourth-order valence-electron chi connectivity index (χ4n) is 3.79. The molecule has 0 unspecified atom stereocenters. The maximum absolute atomic E-state index is 13.0. The zero-order chi connectivity index (χ0) is 20.5. The Morgan fingerprint density at radius 3 is 2.20 bits per heavy atom. The second-order valence-corrected chi connectivity index (χ2v) is 7.50. The van der Waals surface area contributed by atoms with E-state index in [1.54, 1.807) is 10.6 Å². The molecular formula is C26H21N3O. The van der Waals surface area contributed by atoms with Crippen molar-refractivity contribution in [1.82, 2.24) is 14.6 Å². The summed E-state index contributed by atoms with van der Waals surface area (Å²) in [5.74, 6) is 0. The highest BCUT2D eigenvalue weighted by atomic mass is 16.1. The van der Waals surface area contributed by atoms with Crippen molar-refractivity contribution in [2.45, 2.75) is 13.3 Å². The van der Waals surface area contributed by atoms with Crippen LogP contribution in [0.5, 0.6) is 0 Å². The van der Waals surface area contributed by atoms with Crippen LogP contribution in [0.2, 0.25) is 0 Å². The molecule has 0 amide bonds. The number of hydrogen-bond donors (Lipinski definition) is 1. The summed E-state index contributed by atoms with van der Waals surface area (Å²) in [7, 11) is 0. The second-order valence-electron chi connectivity index (χ2n) is 7.50. The van der Waals surface area contributed by atoms with Crippen LogP contribution in [0.15, 0.2) is 95.8 Å². The van der Waals surface area contributed by atoms with E-state index in [1.807, 2.05) is 67.6 Å². The first kappa shape index (κ1) is 18.1. The largest absolute Gasteiger partial charge is 0.293 e. The van der Waals surface area contributed by atoms with Gasteiger partial charge in [0.2, 0.25) is 0 Å². The molecule has 0 aliphatic rings. The summed E-state index contributed by atoms with van der Waals surface area (Å²) in [6, 6.07) is 30.0. The van der Waals surface area contributed by atoms with E-state index >= 15 is 0 Å². The van der Waals surface area contributed by atoms with Crippen molar-refractivity contribution in [3.05, 3.63) is 118 Å². The molecule has 0 saturated carbocycles. The van der Waals surface area contributed by atoms with Gasteiger partial charge in [0, 0.05) is 29.3 Å². The molecule has 0 bridgehead atoms. The predicted octanol–water partition coefficient (Wildman–Crippen LogP) is 5.26. The van der Waals surface area contributed by atoms with Crippen LogP contribution in [0.25, 0.3) is 28.0 Å². The summed E-state index contributed by atoms with van der Waals surface area (Å²) >= 11 is 0. The van der Waals surface area contributed by atoms with Crippen molar-refractivity contribution in [3.8, 4) is 22.4 Å². The maximum Gasteiger partial charge on any atom is 0.273 e. The van der Waals surface area contributed by atoms with E-state index in [2.05, 4.69) is 29.4 Å². The van der Waals surface area contributed by atoms with Gasteiger partial charge in [0.1, 0.15) is 0 Å². The van der Waals surface area contributed by atoms with E-state index in [9.17, 15) is 4.79 Å². The first-order valence-corrected chi connectivity index (χ1v) is 10.00. The summed E-state index contributed by atoms with van der Waals surface area (Å²) in [6.07, 6.45) is 0.688. The molecule has 2 heterocycles. The van der Waals surface area contributed by atoms with Crippen molar-refractivity contribution in [3.63, 3.8) is 0 Å². The molecule has 1 N–H and O–H groups in total. The Bertz CT molecular complexity index is 1370. The van der Waals surface area contributed by atoms with E-state index in [0.29, 0.717) is 17.8 Å². The average molecular weight is 391 g/mol. The van der Waals surface area contributed by atoms with Crippen LogP contribution in [0.4, 0.5) is 0 Å². The van der Waals surface area contributed by atoms with Gasteiger partial charge in [-0.05, 0) is 18.1 Å². The molecule has 0 spiro atoms. The van der Waals surface area contributed by atoms with E-state index in [0.717, 1.165) is 22.4 Å². The Morgan fingerprint density at radius 1 is 0.833 bits per heavy atom. The monoisotopic (exact) mass is 391 g/mol. The lowest BCUT2D eigenvalue weighted by molar-refractivity contribution is 0.866. The van der Waals surface area contributed by atoms with E-state index in [1.165, 1.54) is 11.1 Å². The molecule has 4 nitrogen and oxygen atoms in total. The van der Waals surface area contributed by atoms with E-state index in [4.69, 9.17) is 4.98 Å². The number of aromatic amines is 1. The van der Waals surface area contributed by atoms with Crippen molar-refractivity contribution < 1.29 is 0 Å². The minimum Gasteiger partial charge on any atom is -0.293 e. The van der Waals surface area contributed by atoms with Gasteiger partial charge in [-0.15, -0.1) is 0 Å². The fourth-order valence-corrected chi connectivity index (χ4v) is 3.79. The van der Waals surface area contributed by atoms with Crippen LogP contribution in [0.1, 0.15) is 16.8 Å². The molecule has 0 saturated heterocycles. The zero-order valence-electron chi connectivity index (χ0n) is 16.7. The van der Waals surface area contributed by atoms with Gasteiger partial charge in [-0.3, -0.25) is 9.89 Å². The topological polar surface area (TPSA) is 50.2 Å². The Balaban J connectivity index is 1.75. The summed E-state index contributed by atoms with van der Waals surface area (Å²) in [5, 5.41) is 3.31. The lowest BCUT2D eigenvalue weighted by Gasteiger charge is -2.05. The van der Waals surface area contributed by atoms with Crippen molar-refractivity contribution in [2.75, 3.05) is 0 Å². The zero-order valence-corrected chi connectivity index (χ0v) is 16.7. The minimum absolute atomic E-state index is 0.118. The van der Waals surface area contributed by atoms with Gasteiger partial charge in [0.05, 0.1) is 5.69 Å². The van der Waals surface area contributed by atoms with Crippen molar-refractivity contribution in [1.29, 1.82) is 0 Å². The Morgan fingerprint density at radius 2 is 1.50 bits per heavy atom. The molecular weight excluding hydrogens is 370 g/mol. The summed E-state index contributed by atoms with van der Waals surface area (Å²) in [6.45, 7) is 2.05. The van der Waals surface area contributed by atoms with Crippen LogP contribution in [0.3, 0.4) is 0 Å². The number of aromatic nitrogens is 3. The van der Waals surface area contributed by atoms with Crippen LogP contribution < -0.4 is 5.56 Å². The number of nitrogens with one attached hydrogen (secondary N) is 1. The average Bonchev–Trinajstić information content (AvgIpc) is 3.14. The van der Waals surface area contributed by atoms with Crippen LogP contribution in [-0.2, 0) is 6.42 Å². The van der Waals surface area contributed by atoms with Gasteiger partial charge in [-0.25, -0.2) is 9.50 Å². The number of benzene rings is 3. The number of fused-ring (bicyclic) bond motifs is 1. The standard InChI is InChI=1S/C26H21N3O/c1-18-12-14-20(15-13-18)22-17-24(30)29-26(27-22)25(21-10-6-3-7-11-21)23(28-29)16-19-8-4-2-5-9-19/h2-15,17,28H,16H2,1H3. The number of hydrogen-bond acceptors (Lipinski definition) is 2. The van der Waals surface area contributed by atoms with Gasteiger partial charge in [0.25, 0.3) is 5.56 Å². The predicted molar refractivity (Wildman–Crippen MR) is 121 cm³/mol. The molecule has 0 atom stereocenters. The summed E-state index contributed by atoms with van der Waals surface area (Å²) in [4.78, 5) is 17.9. The Labute approximate surface area is 174 Å².